The standard InChI is InChI=1S/C18H38O6Si/c1-9-16(20-23-25(7,8)24-21-17(2,3)4)19-22-18(5,6)15-13-11-10-12-14-15/h15-16H,9-14H2,1-8H3. The highest BCUT2D eigenvalue weighted by Gasteiger charge is 2.35. The van der Waals surface area contributed by atoms with Gasteiger partial charge in [-0.15, -0.1) is 0 Å². The van der Waals surface area contributed by atoms with Crippen molar-refractivity contribution in [3.8, 4) is 0 Å². The molecule has 0 aromatic rings. The summed E-state index contributed by atoms with van der Waals surface area (Å²) in [7, 11) is -2.58. The van der Waals surface area contributed by atoms with Crippen molar-refractivity contribution in [2.75, 3.05) is 0 Å². The maximum absolute atomic E-state index is 5.74. The molecule has 0 heterocycles. The van der Waals surface area contributed by atoms with Gasteiger partial charge in [0.25, 0.3) is 0 Å². The predicted octanol–water partition coefficient (Wildman–Crippen LogP) is 5.43. The Morgan fingerprint density at radius 2 is 1.48 bits per heavy atom. The van der Waals surface area contributed by atoms with E-state index in [0.717, 1.165) is 0 Å². The summed E-state index contributed by atoms with van der Waals surface area (Å²) in [6.07, 6.45) is 6.21. The Labute approximate surface area is 154 Å². The maximum Gasteiger partial charge on any atom is 0.404 e. The van der Waals surface area contributed by atoms with Crippen LogP contribution in [0.15, 0.2) is 0 Å². The van der Waals surface area contributed by atoms with Crippen LogP contribution >= 0.6 is 0 Å². The van der Waals surface area contributed by atoms with Crippen LogP contribution in [0, 0.1) is 5.92 Å². The van der Waals surface area contributed by atoms with Crippen molar-refractivity contribution in [2.45, 2.75) is 111 Å². The van der Waals surface area contributed by atoms with E-state index in [0.29, 0.717) is 12.3 Å². The Morgan fingerprint density at radius 3 is 2.00 bits per heavy atom. The Morgan fingerprint density at radius 1 is 0.880 bits per heavy atom. The molecule has 1 fully saturated rings. The van der Waals surface area contributed by atoms with Crippen molar-refractivity contribution in [2.24, 2.45) is 5.92 Å². The number of hydrogen-bond donors (Lipinski definition) is 0. The van der Waals surface area contributed by atoms with Crippen molar-refractivity contribution >= 4 is 8.56 Å². The van der Waals surface area contributed by atoms with Gasteiger partial charge >= 0.3 is 8.56 Å². The van der Waals surface area contributed by atoms with Crippen LogP contribution in [0.2, 0.25) is 13.1 Å². The molecule has 1 aliphatic rings. The maximum atomic E-state index is 5.74. The molecule has 150 valence electrons. The van der Waals surface area contributed by atoms with E-state index in [2.05, 4.69) is 13.8 Å². The summed E-state index contributed by atoms with van der Waals surface area (Å²) in [5.41, 5.74) is -0.739. The molecule has 1 unspecified atom stereocenters. The van der Waals surface area contributed by atoms with Crippen molar-refractivity contribution in [1.29, 1.82) is 0 Å². The normalized spacial score (nSPS) is 19.2. The van der Waals surface area contributed by atoms with E-state index in [9.17, 15) is 0 Å². The van der Waals surface area contributed by atoms with E-state index in [1.54, 1.807) is 0 Å². The molecule has 0 radical (unpaired) electrons. The molecule has 0 aliphatic heterocycles. The van der Waals surface area contributed by atoms with Gasteiger partial charge in [0.15, 0.2) is 0 Å². The van der Waals surface area contributed by atoms with Crippen LogP contribution in [0.1, 0.15) is 80.1 Å². The van der Waals surface area contributed by atoms with Gasteiger partial charge in [-0.25, -0.2) is 28.7 Å². The summed E-state index contributed by atoms with van der Waals surface area (Å²) in [6, 6.07) is 0. The van der Waals surface area contributed by atoms with E-state index >= 15 is 0 Å². The van der Waals surface area contributed by atoms with E-state index in [1.807, 2.05) is 40.8 Å². The lowest BCUT2D eigenvalue weighted by Gasteiger charge is -2.36. The summed E-state index contributed by atoms with van der Waals surface area (Å²) in [4.78, 5) is 22.0. The molecule has 0 saturated heterocycles. The molecule has 0 N–H and O–H groups in total. The van der Waals surface area contributed by atoms with Gasteiger partial charge < -0.3 is 0 Å². The lowest BCUT2D eigenvalue weighted by molar-refractivity contribution is -0.475. The molecule has 6 nitrogen and oxygen atoms in total. The van der Waals surface area contributed by atoms with Crippen LogP contribution in [0.3, 0.4) is 0 Å². The highest BCUT2D eigenvalue weighted by Crippen LogP contribution is 2.35. The summed E-state index contributed by atoms with van der Waals surface area (Å²) in [6.45, 7) is 15.5. The SMILES string of the molecule is CCC(OOC(C)(C)C1CCCCC1)OO[Si](C)(C)OOC(C)(C)C. The molecule has 1 aliphatic carbocycles. The number of hydrogen-bond acceptors (Lipinski definition) is 6. The van der Waals surface area contributed by atoms with E-state index in [-0.39, 0.29) is 5.60 Å². The Hall–Kier alpha value is -0.0231. The van der Waals surface area contributed by atoms with Gasteiger partial charge in [0.1, 0.15) is 5.60 Å². The predicted molar refractivity (Wildman–Crippen MR) is 98.5 cm³/mol. The summed E-state index contributed by atoms with van der Waals surface area (Å²) >= 11 is 0. The minimum atomic E-state index is -2.58. The van der Waals surface area contributed by atoms with Gasteiger partial charge in [-0.3, -0.25) is 0 Å². The third-order valence-corrected chi connectivity index (χ3v) is 5.12. The topological polar surface area (TPSA) is 55.4 Å². The largest absolute Gasteiger partial charge is 0.404 e. The molecular formula is C18H38O6Si. The molecule has 0 bridgehead atoms. The van der Waals surface area contributed by atoms with Crippen molar-refractivity contribution in [1.82, 2.24) is 0 Å². The first-order chi connectivity index (χ1) is 11.5. The van der Waals surface area contributed by atoms with Gasteiger partial charge in [0.05, 0.1) is 5.60 Å². The summed E-state index contributed by atoms with van der Waals surface area (Å²) < 4.78 is 10.9. The van der Waals surface area contributed by atoms with Gasteiger partial charge in [0, 0.05) is 6.42 Å². The fourth-order valence-electron chi connectivity index (χ4n) is 2.60. The zero-order chi connectivity index (χ0) is 19.1. The second kappa shape index (κ2) is 9.78. The van der Waals surface area contributed by atoms with Crippen LogP contribution in [-0.4, -0.2) is 26.1 Å². The second-order valence-electron chi connectivity index (χ2n) is 8.81. The highest BCUT2D eigenvalue weighted by molar-refractivity contribution is 6.64. The first kappa shape index (κ1) is 23.0. The molecule has 0 aromatic heterocycles. The molecule has 0 spiro atoms. The molecule has 25 heavy (non-hydrogen) atoms. The molecule has 0 aromatic carbocycles. The zero-order valence-electron chi connectivity index (χ0n) is 17.3. The average Bonchev–Trinajstić information content (AvgIpc) is 2.53. The van der Waals surface area contributed by atoms with Crippen molar-refractivity contribution in [3.05, 3.63) is 0 Å². The molecule has 0 amide bonds. The minimum Gasteiger partial charge on any atom is -0.248 e. The smallest absolute Gasteiger partial charge is 0.248 e. The Balaban J connectivity index is 2.40. The molecule has 7 heteroatoms. The Bertz CT molecular complexity index is 374. The van der Waals surface area contributed by atoms with Gasteiger partial charge in [-0.2, -0.15) is 0 Å². The van der Waals surface area contributed by atoms with Crippen LogP contribution in [0.4, 0.5) is 0 Å². The van der Waals surface area contributed by atoms with E-state index in [1.165, 1.54) is 32.1 Å². The lowest BCUT2D eigenvalue weighted by Crippen LogP contribution is -2.41. The van der Waals surface area contributed by atoms with Crippen LogP contribution in [-0.2, 0) is 28.7 Å². The third kappa shape index (κ3) is 9.47. The first-order valence-corrected chi connectivity index (χ1v) is 12.3. The molecule has 1 rings (SSSR count). The average molecular weight is 379 g/mol. The monoisotopic (exact) mass is 378 g/mol. The first-order valence-electron chi connectivity index (χ1n) is 9.51. The lowest BCUT2D eigenvalue weighted by atomic mass is 9.79. The zero-order valence-corrected chi connectivity index (χ0v) is 18.3. The summed E-state index contributed by atoms with van der Waals surface area (Å²) in [5.74, 6) is 0.508. The minimum absolute atomic E-state index is 0.337. The third-order valence-electron chi connectivity index (χ3n) is 4.14. The van der Waals surface area contributed by atoms with Gasteiger partial charge in [-0.1, -0.05) is 26.2 Å². The van der Waals surface area contributed by atoms with Crippen LogP contribution < -0.4 is 0 Å². The van der Waals surface area contributed by atoms with Crippen LogP contribution in [0.25, 0.3) is 0 Å². The molecule has 1 saturated carbocycles. The van der Waals surface area contributed by atoms with Gasteiger partial charge in [0.2, 0.25) is 6.29 Å². The summed E-state index contributed by atoms with van der Waals surface area (Å²) in [5, 5.41) is 0. The van der Waals surface area contributed by atoms with Gasteiger partial charge in [-0.05, 0) is 66.5 Å². The fourth-order valence-corrected chi connectivity index (χ4v) is 3.42. The number of rotatable bonds is 10. The Kier molecular flexibility index (Phi) is 9.00. The van der Waals surface area contributed by atoms with Crippen molar-refractivity contribution < 1.29 is 28.7 Å². The highest BCUT2D eigenvalue weighted by atomic mass is 28.4. The van der Waals surface area contributed by atoms with E-state index in [4.69, 9.17) is 28.7 Å². The molecule has 1 atom stereocenters. The fraction of sp³-hybridized carbons (Fsp3) is 1.00. The van der Waals surface area contributed by atoms with E-state index < -0.39 is 20.5 Å². The van der Waals surface area contributed by atoms with Crippen molar-refractivity contribution in [3.63, 3.8) is 0 Å². The molecular weight excluding hydrogens is 340 g/mol. The quantitative estimate of drug-likeness (QED) is 0.219. The second-order valence-corrected chi connectivity index (χ2v) is 11.9. The van der Waals surface area contributed by atoms with Crippen LogP contribution in [0.5, 0.6) is 0 Å².